The molecule has 0 radical (unpaired) electrons. The maximum Gasteiger partial charge on any atom is 0.433 e. The lowest BCUT2D eigenvalue weighted by atomic mass is 10.1. The van der Waals surface area contributed by atoms with Crippen LogP contribution in [0.2, 0.25) is 0 Å². The quantitative estimate of drug-likeness (QED) is 0.356. The number of pyridine rings is 1. The molecule has 0 atom stereocenters. The van der Waals surface area contributed by atoms with Crippen molar-refractivity contribution in [2.75, 3.05) is 31.2 Å². The van der Waals surface area contributed by atoms with Crippen molar-refractivity contribution in [3.8, 4) is 17.2 Å². The van der Waals surface area contributed by atoms with E-state index in [-0.39, 0.29) is 23.2 Å². The van der Waals surface area contributed by atoms with Crippen LogP contribution in [0.15, 0.2) is 46.1 Å². The van der Waals surface area contributed by atoms with Gasteiger partial charge in [0, 0.05) is 35.3 Å². The molecule has 4 rings (SSSR count). The smallest absolute Gasteiger partial charge is 0.433 e. The summed E-state index contributed by atoms with van der Waals surface area (Å²) in [5.41, 5.74) is 6.30. The molecule has 1 saturated heterocycles. The van der Waals surface area contributed by atoms with Crippen molar-refractivity contribution < 1.29 is 27.1 Å². The van der Waals surface area contributed by atoms with E-state index >= 15 is 0 Å². The number of rotatable bonds is 6. The highest BCUT2D eigenvalue weighted by molar-refractivity contribution is 6.04. The van der Waals surface area contributed by atoms with E-state index in [0.29, 0.717) is 22.7 Å². The number of benzene rings is 1. The number of ether oxygens (including phenoxy) is 1. The summed E-state index contributed by atoms with van der Waals surface area (Å²) >= 11 is 0. The molecule has 1 fully saturated rings. The summed E-state index contributed by atoms with van der Waals surface area (Å²) in [6.45, 7) is 1.80. The van der Waals surface area contributed by atoms with Crippen LogP contribution in [0.25, 0.3) is 11.5 Å². The van der Waals surface area contributed by atoms with Crippen molar-refractivity contribution in [1.82, 2.24) is 15.3 Å². The maximum atomic E-state index is 12.9. The van der Waals surface area contributed by atoms with Crippen LogP contribution in [-0.2, 0) is 6.18 Å². The molecule has 1 aromatic carbocycles. The third-order valence-electron chi connectivity index (χ3n) is 5.42. The molecule has 2 aromatic heterocycles. The Balaban J connectivity index is 1.54. The number of nitrogens with one attached hydrogen (secondary N) is 2. The van der Waals surface area contributed by atoms with Crippen LogP contribution in [0.1, 0.15) is 34.6 Å². The maximum absolute atomic E-state index is 12.9. The van der Waals surface area contributed by atoms with Gasteiger partial charge in [-0.15, -0.1) is 0 Å². The summed E-state index contributed by atoms with van der Waals surface area (Å²) in [7, 11) is 1.43. The molecular formula is C23H23F3N6O3. The predicted molar refractivity (Wildman–Crippen MR) is 124 cm³/mol. The van der Waals surface area contributed by atoms with Gasteiger partial charge in [0.15, 0.2) is 5.69 Å². The Labute approximate surface area is 198 Å². The molecule has 12 heteroatoms. The molecule has 4 N–H and O–H groups in total. The number of anilines is 2. The second-order valence-corrected chi connectivity index (χ2v) is 7.86. The number of carbonyl (C=O) groups excluding carboxylic acids is 1. The molecule has 1 aliphatic rings. The lowest BCUT2D eigenvalue weighted by molar-refractivity contribution is -0.141. The van der Waals surface area contributed by atoms with Crippen LogP contribution >= 0.6 is 0 Å². The van der Waals surface area contributed by atoms with Gasteiger partial charge in [-0.2, -0.15) is 13.2 Å². The van der Waals surface area contributed by atoms with Crippen LogP contribution in [0.3, 0.4) is 0 Å². The summed E-state index contributed by atoms with van der Waals surface area (Å²) in [5, 5.41) is 5.96. The Morgan fingerprint density at radius 1 is 1.31 bits per heavy atom. The molecule has 1 aliphatic heterocycles. The first-order chi connectivity index (χ1) is 16.7. The molecule has 1 amide bonds. The van der Waals surface area contributed by atoms with Crippen molar-refractivity contribution in [3.05, 3.63) is 53.7 Å². The Hall–Kier alpha value is -3.93. The third kappa shape index (κ3) is 5.77. The Bertz CT molecular complexity index is 1240. The normalized spacial score (nSPS) is 14.9. The highest BCUT2D eigenvalue weighted by Gasteiger charge is 2.33. The number of oxazole rings is 1. The number of methoxy groups -OCH3 is 1. The highest BCUT2D eigenvalue weighted by atomic mass is 19.4. The highest BCUT2D eigenvalue weighted by Crippen LogP contribution is 2.32. The van der Waals surface area contributed by atoms with E-state index in [9.17, 15) is 18.0 Å². The van der Waals surface area contributed by atoms with E-state index in [4.69, 9.17) is 14.9 Å². The van der Waals surface area contributed by atoms with Crippen molar-refractivity contribution in [2.24, 2.45) is 4.99 Å². The molecule has 0 saturated carbocycles. The monoisotopic (exact) mass is 488 g/mol. The van der Waals surface area contributed by atoms with Gasteiger partial charge in [0.2, 0.25) is 5.89 Å². The van der Waals surface area contributed by atoms with Gasteiger partial charge in [-0.25, -0.2) is 4.98 Å². The minimum absolute atomic E-state index is 0.0350. The Kier molecular flexibility index (Phi) is 7.01. The number of alkyl halides is 3. The second kappa shape index (κ2) is 10.1. The first-order valence-corrected chi connectivity index (χ1v) is 10.8. The van der Waals surface area contributed by atoms with Gasteiger partial charge >= 0.3 is 6.18 Å². The summed E-state index contributed by atoms with van der Waals surface area (Å²) in [6.07, 6.45) is 0.953. The molecule has 0 aliphatic carbocycles. The topological polar surface area (TPSA) is 128 Å². The minimum Gasteiger partial charge on any atom is -0.494 e. The largest absolute Gasteiger partial charge is 0.494 e. The number of nitrogens with zero attached hydrogens (tertiary/aromatic N) is 3. The third-order valence-corrected chi connectivity index (χ3v) is 5.42. The van der Waals surface area contributed by atoms with Crippen molar-refractivity contribution in [1.29, 1.82) is 0 Å². The summed E-state index contributed by atoms with van der Waals surface area (Å²) < 4.78 is 49.4. The van der Waals surface area contributed by atoms with Crippen molar-refractivity contribution >= 4 is 23.5 Å². The molecule has 35 heavy (non-hydrogen) atoms. The molecule has 3 aromatic rings. The molecule has 9 nitrogen and oxygen atoms in total. The van der Waals surface area contributed by atoms with E-state index < -0.39 is 17.8 Å². The zero-order valence-corrected chi connectivity index (χ0v) is 18.7. The predicted octanol–water partition coefficient (Wildman–Crippen LogP) is 3.77. The average Bonchev–Trinajstić information content (AvgIpc) is 3.35. The van der Waals surface area contributed by atoms with E-state index in [2.05, 4.69) is 25.6 Å². The molecule has 0 spiro atoms. The summed E-state index contributed by atoms with van der Waals surface area (Å²) in [5.74, 6) is -0.473. The number of amides is 1. The molecular weight excluding hydrogens is 465 g/mol. The number of halogens is 3. The number of nitrogens with two attached hydrogens (primary N) is 1. The first kappa shape index (κ1) is 24.2. The molecule has 3 heterocycles. The van der Waals surface area contributed by atoms with Crippen LogP contribution < -0.4 is 21.1 Å². The Morgan fingerprint density at radius 3 is 2.80 bits per heavy atom. The van der Waals surface area contributed by atoms with E-state index in [1.807, 2.05) is 0 Å². The van der Waals surface area contributed by atoms with Crippen molar-refractivity contribution in [2.45, 2.75) is 25.1 Å². The van der Waals surface area contributed by atoms with Crippen LogP contribution in [0.5, 0.6) is 5.75 Å². The Morgan fingerprint density at radius 2 is 2.09 bits per heavy atom. The SMILES string of the molecule is COc1cc(N)c(C=NC2CCNCC2)cc1NC(=O)c1coc(-c2ccnc(C(F)(F)F)c2)n1. The van der Waals surface area contributed by atoms with Crippen LogP contribution in [-0.4, -0.2) is 48.3 Å². The number of hydrogen-bond acceptors (Lipinski definition) is 8. The van der Waals surface area contributed by atoms with Crippen molar-refractivity contribution in [3.63, 3.8) is 0 Å². The second-order valence-electron chi connectivity index (χ2n) is 7.86. The minimum atomic E-state index is -4.62. The number of piperidine rings is 1. The number of carbonyl (C=O) groups is 1. The van der Waals surface area contributed by atoms with Crippen LogP contribution in [0.4, 0.5) is 24.5 Å². The van der Waals surface area contributed by atoms with Gasteiger partial charge in [0.1, 0.15) is 17.7 Å². The zero-order valence-electron chi connectivity index (χ0n) is 18.7. The number of hydrogen-bond donors (Lipinski definition) is 3. The molecule has 184 valence electrons. The zero-order chi connectivity index (χ0) is 25.0. The first-order valence-electron chi connectivity index (χ1n) is 10.8. The lowest BCUT2D eigenvalue weighted by Crippen LogP contribution is -2.29. The molecule has 0 unspecified atom stereocenters. The van der Waals surface area contributed by atoms with E-state index in [1.54, 1.807) is 18.3 Å². The fraction of sp³-hybridized carbons (Fsp3) is 0.304. The summed E-state index contributed by atoms with van der Waals surface area (Å²) in [6, 6.07) is 5.50. The fourth-order valence-electron chi connectivity index (χ4n) is 3.55. The number of aliphatic imine (C=N–C) groups is 1. The van der Waals surface area contributed by atoms with Gasteiger partial charge in [0.05, 0.1) is 18.8 Å². The fourth-order valence-corrected chi connectivity index (χ4v) is 3.55. The average molecular weight is 488 g/mol. The van der Waals surface area contributed by atoms with Gasteiger partial charge in [0.25, 0.3) is 5.91 Å². The van der Waals surface area contributed by atoms with Gasteiger partial charge in [-0.05, 0) is 44.1 Å². The standard InChI is InChI=1S/C23H23F3N6O3/c1-34-19-10-16(27)14(11-30-15-3-5-28-6-4-15)8-17(19)31-21(33)18-12-35-22(32-18)13-2-7-29-20(9-13)23(24,25)26/h2,7-12,15,28H,3-6,27H2,1H3,(H,31,33). The number of aromatic nitrogens is 2. The van der Waals surface area contributed by atoms with Gasteiger partial charge < -0.3 is 25.5 Å². The number of nitrogen functional groups attached to an aromatic ring is 1. The van der Waals surface area contributed by atoms with Gasteiger partial charge in [-0.1, -0.05) is 0 Å². The van der Waals surface area contributed by atoms with E-state index in [0.717, 1.165) is 44.5 Å². The van der Waals surface area contributed by atoms with E-state index in [1.165, 1.54) is 13.2 Å². The van der Waals surface area contributed by atoms with Gasteiger partial charge in [-0.3, -0.25) is 14.8 Å². The summed E-state index contributed by atoms with van der Waals surface area (Å²) in [4.78, 5) is 24.7. The molecule has 0 bridgehead atoms. The van der Waals surface area contributed by atoms with Crippen LogP contribution in [0, 0.1) is 0 Å². The lowest BCUT2D eigenvalue weighted by Gasteiger charge is -2.19.